The number of nitro groups is 1. The number of carbonyl (C=O) groups excluding carboxylic acids is 2. The van der Waals surface area contributed by atoms with E-state index < -0.39 is 96.1 Å². The summed E-state index contributed by atoms with van der Waals surface area (Å²) < 4.78 is 124. The maximum atomic E-state index is 13.6. The number of allylic oxidation sites excluding steroid dienone is 6. The second kappa shape index (κ2) is 26.5. The number of phosphoric acid groups is 3. The number of benzene rings is 3. The van der Waals surface area contributed by atoms with Crippen LogP contribution >= 0.6 is 23.5 Å². The highest BCUT2D eigenvalue weighted by molar-refractivity contribution is 7.86. The number of unbranched alkanes of at least 4 members (excludes halogenated alkanes) is 2. The zero-order valence-electron chi connectivity index (χ0n) is 48.0. The number of phosphoric ester groups is 1. The Hall–Kier alpha value is -6.98. The van der Waals surface area contributed by atoms with E-state index in [0.29, 0.717) is 37.9 Å². The molecule has 5 heterocycles. The summed E-state index contributed by atoms with van der Waals surface area (Å²) in [4.78, 5) is 84.6. The van der Waals surface area contributed by atoms with Crippen molar-refractivity contribution in [3.8, 4) is 11.8 Å². The molecule has 2 amide bonds. The van der Waals surface area contributed by atoms with Crippen LogP contribution in [0.4, 0.5) is 22.9 Å². The molecule has 3 aromatic carbocycles. The fourth-order valence-corrected chi connectivity index (χ4v) is 14.7. The van der Waals surface area contributed by atoms with E-state index >= 15 is 0 Å². The van der Waals surface area contributed by atoms with Gasteiger partial charge in [-0.05, 0) is 93.8 Å². The van der Waals surface area contributed by atoms with E-state index in [2.05, 4.69) is 55.1 Å². The van der Waals surface area contributed by atoms with Crippen molar-refractivity contribution in [1.29, 1.82) is 0 Å². The molecule has 8 rings (SSSR count). The quantitative estimate of drug-likeness (QED) is 0.00439. The summed E-state index contributed by atoms with van der Waals surface area (Å²) in [7, 11) is -25.9. The van der Waals surface area contributed by atoms with Gasteiger partial charge in [-0.2, -0.15) is 30.0 Å². The van der Waals surface area contributed by atoms with Gasteiger partial charge in [0.15, 0.2) is 5.71 Å². The highest BCUT2D eigenvalue weighted by Crippen LogP contribution is 2.66. The average Bonchev–Trinajstić information content (AvgIpc) is 1.63. The molecule has 5 aromatic rings. The third-order valence-corrected chi connectivity index (χ3v) is 20.3. The van der Waals surface area contributed by atoms with Crippen LogP contribution in [0.1, 0.15) is 100.0 Å². The van der Waals surface area contributed by atoms with Crippen LogP contribution in [0.25, 0.3) is 11.0 Å². The molecule has 35 heteroatoms. The Bertz CT molecular complexity index is 4250. The van der Waals surface area contributed by atoms with Gasteiger partial charge in [0, 0.05) is 71.7 Å². The number of carbonyl (C=O) groups is 2. The van der Waals surface area contributed by atoms with Crippen molar-refractivity contribution >= 4 is 95.1 Å². The number of anilines is 2. The number of fused-ring (bicyclic) bond motifs is 3. The number of nitrogens with zero attached hydrogens (tertiary/aromatic N) is 6. The molecule has 3 aliphatic rings. The van der Waals surface area contributed by atoms with E-state index in [4.69, 9.17) is 14.5 Å². The first-order chi connectivity index (χ1) is 41.5. The van der Waals surface area contributed by atoms with Crippen molar-refractivity contribution < 1.29 is 101 Å². The Balaban J connectivity index is 0.842. The number of nitro benzene ring substituents is 1. The highest BCUT2D eigenvalue weighted by Gasteiger charge is 2.46. The summed E-state index contributed by atoms with van der Waals surface area (Å²) in [6, 6.07) is 14.1. The van der Waals surface area contributed by atoms with Crippen molar-refractivity contribution in [2.75, 3.05) is 36.5 Å². The number of rotatable bonds is 24. The summed E-state index contributed by atoms with van der Waals surface area (Å²) in [5.41, 5.74) is 2.80. The van der Waals surface area contributed by atoms with Gasteiger partial charge in [-0.3, -0.25) is 33.3 Å². The molecule has 0 saturated carbocycles. The largest absolute Gasteiger partial charge is 0.490 e. The lowest BCUT2D eigenvalue weighted by molar-refractivity contribution is -0.433. The maximum absolute atomic E-state index is 13.6. The van der Waals surface area contributed by atoms with E-state index in [0.717, 1.165) is 40.7 Å². The zero-order chi connectivity index (χ0) is 65.2. The van der Waals surface area contributed by atoms with E-state index in [-0.39, 0.29) is 63.1 Å². The Kier molecular flexibility index (Phi) is 20.2. The SMILES string of the molecule is CC[N+]1=C(/C=C/C=C/C=C2/N(CCCCCC(=O)NCC#Cc3ccc(C(=O)Nc4ncnc5c4ccn5[C@H]4CC(O)[C@@H](COP(=O)(O)OP(=O)(O)OP(=O)(O)O)O4)c([N+](=O)[O-])c3)c3ccc(S(=O)(=O)O)cc3C2(C)C)C(C)(C)c2cc(S(=O)(=O)O)ccc21. The fourth-order valence-electron chi connectivity index (χ4n) is 10.6. The maximum Gasteiger partial charge on any atom is 0.490 e. The van der Waals surface area contributed by atoms with Crippen molar-refractivity contribution in [3.63, 3.8) is 0 Å². The third-order valence-electron chi connectivity index (χ3n) is 14.8. The van der Waals surface area contributed by atoms with Crippen LogP contribution in [0.3, 0.4) is 0 Å². The van der Waals surface area contributed by atoms with Crippen LogP contribution in [-0.2, 0) is 67.4 Å². The van der Waals surface area contributed by atoms with Gasteiger partial charge in [-0.25, -0.2) is 23.7 Å². The molecule has 5 atom stereocenters. The minimum Gasteiger partial charge on any atom is -0.390 e. The summed E-state index contributed by atoms with van der Waals surface area (Å²) >= 11 is 0. The van der Waals surface area contributed by atoms with Crippen molar-refractivity contribution in [1.82, 2.24) is 19.9 Å². The Morgan fingerprint density at radius 1 is 0.888 bits per heavy atom. The molecule has 0 aliphatic carbocycles. The van der Waals surface area contributed by atoms with Gasteiger partial charge < -0.3 is 49.5 Å². The van der Waals surface area contributed by atoms with Crippen LogP contribution in [0.5, 0.6) is 0 Å². The monoisotopic (exact) mass is 1330 g/mol. The van der Waals surface area contributed by atoms with Gasteiger partial charge in [0.25, 0.3) is 31.8 Å². The first-order valence-corrected chi connectivity index (χ1v) is 34.4. The molecule has 3 unspecified atom stereocenters. The van der Waals surface area contributed by atoms with Gasteiger partial charge >= 0.3 is 23.5 Å². The second-order valence-corrected chi connectivity index (χ2v) is 28.7. The normalized spacial score (nSPS) is 19.9. The Morgan fingerprint density at radius 3 is 2.26 bits per heavy atom. The van der Waals surface area contributed by atoms with Crippen LogP contribution < -0.4 is 15.5 Å². The van der Waals surface area contributed by atoms with Crippen LogP contribution in [0, 0.1) is 22.0 Å². The van der Waals surface area contributed by atoms with Gasteiger partial charge in [-0.1, -0.05) is 50.3 Å². The predicted octanol–water partition coefficient (Wildman–Crippen LogP) is 7.00. The van der Waals surface area contributed by atoms with Crippen molar-refractivity contribution in [2.45, 2.75) is 106 Å². The Morgan fingerprint density at radius 2 is 1.58 bits per heavy atom. The molecular weight excluding hydrogens is 1270 g/mol. The topological polar surface area (TPSA) is 436 Å². The zero-order valence-corrected chi connectivity index (χ0v) is 52.3. The van der Waals surface area contributed by atoms with Crippen LogP contribution in [-0.4, -0.2) is 131 Å². The van der Waals surface area contributed by atoms with Crippen molar-refractivity contribution in [2.24, 2.45) is 0 Å². The number of nitrogens with one attached hydrogen (secondary N) is 2. The molecule has 1 fully saturated rings. The molecule has 0 radical (unpaired) electrons. The van der Waals surface area contributed by atoms with Crippen LogP contribution in [0.15, 0.2) is 119 Å². The average molecular weight is 1330 g/mol. The third kappa shape index (κ3) is 16.0. The summed E-state index contributed by atoms with van der Waals surface area (Å²) in [5, 5.41) is 28.3. The minimum absolute atomic E-state index is 0.0849. The first kappa shape index (κ1) is 67.9. The number of amides is 2. The molecule has 476 valence electrons. The van der Waals surface area contributed by atoms with Gasteiger partial charge in [0.05, 0.1) is 44.8 Å². The molecule has 2 aromatic heterocycles. The van der Waals surface area contributed by atoms with Gasteiger partial charge in [0.2, 0.25) is 11.6 Å². The number of hydrogen-bond donors (Lipinski definition) is 9. The summed E-state index contributed by atoms with van der Waals surface area (Å²) in [6.45, 7) is 9.89. The number of aliphatic hydroxyl groups is 1. The lowest BCUT2D eigenvalue weighted by Gasteiger charge is -2.27. The lowest BCUT2D eigenvalue weighted by Crippen LogP contribution is -2.27. The summed E-state index contributed by atoms with van der Waals surface area (Å²) in [5.74, 6) is 4.19. The molecule has 0 spiro atoms. The van der Waals surface area contributed by atoms with E-state index in [1.54, 1.807) is 12.1 Å². The number of ether oxygens (including phenoxy) is 1. The molecular formula is C54H62N8O22P3S2+. The number of aliphatic hydroxyl groups excluding tert-OH is 1. The predicted molar refractivity (Wildman–Crippen MR) is 319 cm³/mol. The Labute approximate surface area is 509 Å². The number of aromatic nitrogens is 3. The van der Waals surface area contributed by atoms with Crippen molar-refractivity contribution in [3.05, 3.63) is 142 Å². The van der Waals surface area contributed by atoms with E-state index in [9.17, 15) is 74.2 Å². The van der Waals surface area contributed by atoms with Gasteiger partial charge in [-0.15, -0.1) is 0 Å². The molecule has 9 N–H and O–H groups in total. The smallest absolute Gasteiger partial charge is 0.390 e. The summed E-state index contributed by atoms with van der Waals surface area (Å²) in [6.07, 6.45) is 9.91. The molecule has 89 heavy (non-hydrogen) atoms. The van der Waals surface area contributed by atoms with Crippen LogP contribution in [0.2, 0.25) is 0 Å². The number of hydrogen-bond acceptors (Lipinski definition) is 19. The van der Waals surface area contributed by atoms with E-state index in [1.165, 1.54) is 53.2 Å². The standard InChI is InChI=1S/C54H61N8O22P3S2/c1-6-59-41-22-19-35(88(75,76)77)29-39(41)53(2,3)46(59)15-9-7-10-16-47-54(4,5)40-30-36(89(78,79)80)20-23-42(40)60(47)26-12-8-11-17-48(64)55-25-13-14-34-18-21-37(43(28-34)62(66)67)52(65)58-50-38-24-27-61(51(38)57-33-56-50)49-31-44(63)45(82-49)32-81-86(71,72)84-87(73,74)83-85(68,69)70/h7,9-10,15-16,18-24,27-30,33,44-45,49,63H,6,8,11-12,17,25-26,31-32H2,1-5H3,(H7-,55,56,57,58,64,65,68,69,70,71,72,73,74,75,76,77,78,79,80)/p+1/t44?,45-,49-/m1/s1. The first-order valence-electron chi connectivity index (χ1n) is 27.0. The minimum atomic E-state index is -5.80. The van der Waals surface area contributed by atoms with Gasteiger partial charge in [0.1, 0.15) is 42.2 Å². The molecule has 1 saturated heterocycles. The second-order valence-electron chi connectivity index (χ2n) is 21.5. The van der Waals surface area contributed by atoms with E-state index in [1.807, 2.05) is 65.0 Å². The molecule has 30 nitrogen and oxygen atoms in total. The molecule has 0 bridgehead atoms. The highest BCUT2D eigenvalue weighted by atomic mass is 32.2. The lowest BCUT2D eigenvalue weighted by atomic mass is 9.81. The molecule has 3 aliphatic heterocycles. The fraction of sp³-hybridized carbons (Fsp3) is 0.352.